The summed E-state index contributed by atoms with van der Waals surface area (Å²) in [6.45, 7) is 4.16. The van der Waals surface area contributed by atoms with Gasteiger partial charge in [-0.3, -0.25) is 4.99 Å². The smallest absolute Gasteiger partial charge is 0.193 e. The maximum absolute atomic E-state index is 5.73. The zero-order valence-corrected chi connectivity index (χ0v) is 10.4. The topological polar surface area (TPSA) is 59.6 Å². The SMILES string of the molecule is CCCCOCCN=C(N)Nc1ccccc1. The Hall–Kier alpha value is -1.55. The average molecular weight is 235 g/mol. The summed E-state index contributed by atoms with van der Waals surface area (Å²) >= 11 is 0. The molecular weight excluding hydrogens is 214 g/mol. The summed E-state index contributed by atoms with van der Waals surface area (Å²) in [6, 6.07) is 9.74. The molecule has 1 rings (SSSR count). The predicted octanol–water partition coefficient (Wildman–Crippen LogP) is 2.23. The molecule has 0 heterocycles. The maximum Gasteiger partial charge on any atom is 0.193 e. The molecule has 0 unspecified atom stereocenters. The number of aliphatic imine (C=N–C) groups is 1. The number of hydrogen-bond acceptors (Lipinski definition) is 2. The molecule has 0 saturated carbocycles. The summed E-state index contributed by atoms with van der Waals surface area (Å²) in [4.78, 5) is 4.18. The normalized spacial score (nSPS) is 11.5. The molecule has 0 aliphatic heterocycles. The van der Waals surface area contributed by atoms with E-state index < -0.39 is 0 Å². The highest BCUT2D eigenvalue weighted by Gasteiger charge is 1.93. The second-order valence-electron chi connectivity index (χ2n) is 3.72. The van der Waals surface area contributed by atoms with Gasteiger partial charge in [0.25, 0.3) is 0 Å². The number of unbranched alkanes of at least 4 members (excludes halogenated alkanes) is 1. The lowest BCUT2D eigenvalue weighted by Gasteiger charge is -2.05. The Bertz CT molecular complexity index is 325. The molecule has 0 fully saturated rings. The van der Waals surface area contributed by atoms with Crippen molar-refractivity contribution in [3.63, 3.8) is 0 Å². The van der Waals surface area contributed by atoms with Gasteiger partial charge in [0.05, 0.1) is 13.2 Å². The lowest BCUT2D eigenvalue weighted by atomic mass is 10.3. The first kappa shape index (κ1) is 13.5. The van der Waals surface area contributed by atoms with Crippen LogP contribution in [0.2, 0.25) is 0 Å². The quantitative estimate of drug-likeness (QED) is 0.433. The van der Waals surface area contributed by atoms with Gasteiger partial charge in [-0.2, -0.15) is 0 Å². The van der Waals surface area contributed by atoms with Crippen molar-refractivity contribution in [2.75, 3.05) is 25.1 Å². The Kier molecular flexibility index (Phi) is 6.82. The van der Waals surface area contributed by atoms with Gasteiger partial charge in [-0.15, -0.1) is 0 Å². The van der Waals surface area contributed by atoms with Gasteiger partial charge >= 0.3 is 0 Å². The second kappa shape index (κ2) is 8.58. The molecule has 4 heteroatoms. The van der Waals surface area contributed by atoms with Crippen LogP contribution in [0.15, 0.2) is 35.3 Å². The molecule has 0 saturated heterocycles. The number of rotatable bonds is 7. The minimum absolute atomic E-state index is 0.426. The third-order valence-corrected chi connectivity index (χ3v) is 2.21. The van der Waals surface area contributed by atoms with E-state index in [4.69, 9.17) is 10.5 Å². The molecule has 1 aromatic rings. The summed E-state index contributed by atoms with van der Waals surface area (Å²) in [6.07, 6.45) is 2.25. The highest BCUT2D eigenvalue weighted by molar-refractivity contribution is 5.92. The molecule has 1 aromatic carbocycles. The molecule has 0 atom stereocenters. The lowest BCUT2D eigenvalue weighted by Crippen LogP contribution is -2.23. The fourth-order valence-electron chi connectivity index (χ4n) is 1.29. The van der Waals surface area contributed by atoms with Gasteiger partial charge in [0, 0.05) is 12.3 Å². The summed E-state index contributed by atoms with van der Waals surface area (Å²) in [5, 5.41) is 3.02. The number of para-hydroxylation sites is 1. The van der Waals surface area contributed by atoms with Gasteiger partial charge in [0.1, 0.15) is 0 Å². The number of nitrogens with one attached hydrogen (secondary N) is 1. The van der Waals surface area contributed by atoms with Gasteiger partial charge in [-0.25, -0.2) is 0 Å². The molecule has 0 aromatic heterocycles. The summed E-state index contributed by atoms with van der Waals surface area (Å²) < 4.78 is 5.38. The Labute approximate surface area is 103 Å². The van der Waals surface area contributed by atoms with Crippen LogP contribution in [0.3, 0.4) is 0 Å². The molecule has 0 aliphatic carbocycles. The zero-order valence-electron chi connectivity index (χ0n) is 10.4. The van der Waals surface area contributed by atoms with E-state index in [1.165, 1.54) is 0 Å². The van der Waals surface area contributed by atoms with Gasteiger partial charge in [-0.1, -0.05) is 31.5 Å². The molecule has 3 N–H and O–H groups in total. The number of nitrogens with two attached hydrogens (primary N) is 1. The first-order valence-electron chi connectivity index (χ1n) is 6.02. The molecule has 0 amide bonds. The summed E-state index contributed by atoms with van der Waals surface area (Å²) in [5.74, 6) is 0.426. The van der Waals surface area contributed by atoms with E-state index in [0.717, 1.165) is 25.1 Å². The molecule has 94 valence electrons. The molecule has 0 radical (unpaired) electrons. The van der Waals surface area contributed by atoms with Gasteiger partial charge in [0.2, 0.25) is 0 Å². The van der Waals surface area contributed by atoms with Crippen LogP contribution < -0.4 is 11.1 Å². The third-order valence-electron chi connectivity index (χ3n) is 2.21. The molecule has 0 bridgehead atoms. The predicted molar refractivity (Wildman–Crippen MR) is 72.3 cm³/mol. The van der Waals surface area contributed by atoms with E-state index in [2.05, 4.69) is 17.2 Å². The van der Waals surface area contributed by atoms with E-state index in [1.54, 1.807) is 0 Å². The monoisotopic (exact) mass is 235 g/mol. The summed E-state index contributed by atoms with van der Waals surface area (Å²) in [5.41, 5.74) is 6.68. The minimum atomic E-state index is 0.426. The number of hydrogen-bond donors (Lipinski definition) is 2. The molecule has 0 aliphatic rings. The van der Waals surface area contributed by atoms with E-state index >= 15 is 0 Å². The van der Waals surface area contributed by atoms with Crippen molar-refractivity contribution >= 4 is 11.6 Å². The average Bonchev–Trinajstić information content (AvgIpc) is 2.35. The van der Waals surface area contributed by atoms with E-state index in [9.17, 15) is 0 Å². The molecule has 0 spiro atoms. The molecule has 17 heavy (non-hydrogen) atoms. The second-order valence-corrected chi connectivity index (χ2v) is 3.72. The Balaban J connectivity index is 2.17. The van der Waals surface area contributed by atoms with E-state index in [-0.39, 0.29) is 0 Å². The Morgan fingerprint density at radius 3 is 2.76 bits per heavy atom. The standard InChI is InChI=1S/C13H21N3O/c1-2-3-10-17-11-9-15-13(14)16-12-7-5-4-6-8-12/h4-8H,2-3,9-11H2,1H3,(H3,14,15,16). The van der Waals surface area contributed by atoms with Crippen LogP contribution in [0, 0.1) is 0 Å². The first-order chi connectivity index (χ1) is 8.33. The van der Waals surface area contributed by atoms with Crippen LogP contribution in [0.5, 0.6) is 0 Å². The highest BCUT2D eigenvalue weighted by atomic mass is 16.5. The number of benzene rings is 1. The largest absolute Gasteiger partial charge is 0.380 e. The van der Waals surface area contributed by atoms with Gasteiger partial charge in [0.15, 0.2) is 5.96 Å². The van der Waals surface area contributed by atoms with Crippen molar-refractivity contribution in [3.05, 3.63) is 30.3 Å². The molecular formula is C13H21N3O. The van der Waals surface area contributed by atoms with Crippen LogP contribution in [0.1, 0.15) is 19.8 Å². The van der Waals surface area contributed by atoms with Crippen LogP contribution in [-0.2, 0) is 4.74 Å². The maximum atomic E-state index is 5.73. The number of ether oxygens (including phenoxy) is 1. The van der Waals surface area contributed by atoms with Crippen molar-refractivity contribution in [3.8, 4) is 0 Å². The van der Waals surface area contributed by atoms with E-state index in [0.29, 0.717) is 19.1 Å². The number of guanidine groups is 1. The van der Waals surface area contributed by atoms with Crippen molar-refractivity contribution in [1.82, 2.24) is 0 Å². The van der Waals surface area contributed by atoms with Crippen molar-refractivity contribution in [1.29, 1.82) is 0 Å². The van der Waals surface area contributed by atoms with Crippen molar-refractivity contribution in [2.45, 2.75) is 19.8 Å². The Morgan fingerprint density at radius 2 is 2.06 bits per heavy atom. The van der Waals surface area contributed by atoms with E-state index in [1.807, 2.05) is 30.3 Å². The van der Waals surface area contributed by atoms with Crippen molar-refractivity contribution < 1.29 is 4.74 Å². The Morgan fingerprint density at radius 1 is 1.29 bits per heavy atom. The van der Waals surface area contributed by atoms with Crippen LogP contribution >= 0.6 is 0 Å². The van der Waals surface area contributed by atoms with Crippen molar-refractivity contribution in [2.24, 2.45) is 10.7 Å². The van der Waals surface area contributed by atoms with Gasteiger partial charge in [-0.05, 0) is 18.6 Å². The van der Waals surface area contributed by atoms with Gasteiger partial charge < -0.3 is 15.8 Å². The fraction of sp³-hybridized carbons (Fsp3) is 0.462. The van der Waals surface area contributed by atoms with Crippen LogP contribution in [0.25, 0.3) is 0 Å². The zero-order chi connectivity index (χ0) is 12.3. The summed E-state index contributed by atoms with van der Waals surface area (Å²) in [7, 11) is 0. The third kappa shape index (κ3) is 6.58. The lowest BCUT2D eigenvalue weighted by molar-refractivity contribution is 0.139. The minimum Gasteiger partial charge on any atom is -0.380 e. The molecule has 4 nitrogen and oxygen atoms in total. The number of nitrogens with zero attached hydrogens (tertiary/aromatic N) is 1. The highest BCUT2D eigenvalue weighted by Crippen LogP contribution is 2.03. The number of anilines is 1. The first-order valence-corrected chi connectivity index (χ1v) is 6.02. The van der Waals surface area contributed by atoms with Crippen LogP contribution in [0.4, 0.5) is 5.69 Å². The fourth-order valence-corrected chi connectivity index (χ4v) is 1.29. The van der Waals surface area contributed by atoms with Crippen LogP contribution in [-0.4, -0.2) is 25.7 Å².